The quantitative estimate of drug-likeness (QED) is 0.208. The first-order valence-electron chi connectivity index (χ1n) is 14.8. The number of anilines is 1. The lowest BCUT2D eigenvalue weighted by atomic mass is 9.88. The number of carbonyl (C=O) groups excluding carboxylic acids is 3. The highest BCUT2D eigenvalue weighted by Crippen LogP contribution is 2.44. The predicted octanol–water partition coefficient (Wildman–Crippen LogP) is 6.05. The van der Waals surface area contributed by atoms with Crippen molar-refractivity contribution in [3.63, 3.8) is 0 Å². The Morgan fingerprint density at radius 3 is 2.46 bits per heavy atom. The number of nitrogens with two attached hydrogens (primary N) is 1. The number of hydrogen-bond acceptors (Lipinski definition) is 8. The first kappa shape index (κ1) is 31.3. The van der Waals surface area contributed by atoms with Gasteiger partial charge in [-0.3, -0.25) is 9.59 Å². The van der Waals surface area contributed by atoms with Crippen molar-refractivity contribution in [1.82, 2.24) is 10.3 Å². The van der Waals surface area contributed by atoms with E-state index in [4.69, 9.17) is 15.2 Å². The molecule has 0 saturated heterocycles. The summed E-state index contributed by atoms with van der Waals surface area (Å²) in [4.78, 5) is 45.5. The van der Waals surface area contributed by atoms with Gasteiger partial charge in [0.1, 0.15) is 11.4 Å². The summed E-state index contributed by atoms with van der Waals surface area (Å²) in [6.45, 7) is 4.55. The molecule has 1 aliphatic carbocycles. The molecule has 0 atom stereocenters. The van der Waals surface area contributed by atoms with Crippen molar-refractivity contribution in [1.29, 1.82) is 0 Å². The first-order chi connectivity index (χ1) is 22.0. The van der Waals surface area contributed by atoms with Gasteiger partial charge >= 0.3 is 5.97 Å². The minimum Gasteiger partial charge on any atom is -0.493 e. The fourth-order valence-corrected chi connectivity index (χ4v) is 6.93. The number of esters is 1. The van der Waals surface area contributed by atoms with Crippen LogP contribution in [0.5, 0.6) is 5.75 Å². The number of aromatic nitrogens is 1. The van der Waals surface area contributed by atoms with Crippen molar-refractivity contribution in [2.24, 2.45) is 5.73 Å². The predicted molar refractivity (Wildman–Crippen MR) is 171 cm³/mol. The summed E-state index contributed by atoms with van der Waals surface area (Å²) in [5.74, 6) is -4.26. The first-order valence-corrected chi connectivity index (χ1v) is 15.6. The van der Waals surface area contributed by atoms with E-state index in [0.29, 0.717) is 36.6 Å². The average molecular weight is 647 g/mol. The normalized spacial score (nSPS) is 15.0. The SMILES string of the molecule is COC(=O)c1nc(C(=O)NC2CC(F)(F)C2)ccc1-c1cc2c(cc1C(=O)Nc1c(C)cc(CN)cc1C)-c1sccc1CCO2. The summed E-state index contributed by atoms with van der Waals surface area (Å²) in [5.41, 5.74) is 11.4. The number of aryl methyl sites for hydroxylation is 2. The molecule has 4 N–H and O–H groups in total. The highest BCUT2D eigenvalue weighted by molar-refractivity contribution is 7.13. The van der Waals surface area contributed by atoms with Crippen molar-refractivity contribution < 1.29 is 32.6 Å². The van der Waals surface area contributed by atoms with Crippen molar-refractivity contribution in [3.05, 3.63) is 87.0 Å². The Morgan fingerprint density at radius 2 is 1.78 bits per heavy atom. The van der Waals surface area contributed by atoms with Gasteiger partial charge in [-0.25, -0.2) is 18.6 Å². The zero-order valence-corrected chi connectivity index (χ0v) is 26.3. The van der Waals surface area contributed by atoms with Gasteiger partial charge in [-0.2, -0.15) is 0 Å². The molecule has 9 nitrogen and oxygen atoms in total. The smallest absolute Gasteiger partial charge is 0.357 e. The van der Waals surface area contributed by atoms with Gasteiger partial charge in [-0.05, 0) is 71.8 Å². The molecule has 1 aliphatic heterocycles. The Bertz CT molecular complexity index is 1860. The summed E-state index contributed by atoms with van der Waals surface area (Å²) in [6, 6.07) is 11.5. The molecule has 46 heavy (non-hydrogen) atoms. The maximum Gasteiger partial charge on any atom is 0.357 e. The molecule has 12 heteroatoms. The van der Waals surface area contributed by atoms with Crippen molar-refractivity contribution >= 4 is 34.8 Å². The number of fused-ring (bicyclic) bond motifs is 3. The third kappa shape index (κ3) is 5.97. The summed E-state index contributed by atoms with van der Waals surface area (Å²) < 4.78 is 37.9. The second-order valence-corrected chi connectivity index (χ2v) is 12.5. The van der Waals surface area contributed by atoms with Crippen LogP contribution >= 0.6 is 11.3 Å². The van der Waals surface area contributed by atoms with E-state index in [9.17, 15) is 23.2 Å². The third-order valence-electron chi connectivity index (χ3n) is 8.27. The lowest BCUT2D eigenvalue weighted by molar-refractivity contribution is -0.0901. The minimum absolute atomic E-state index is 0.147. The summed E-state index contributed by atoms with van der Waals surface area (Å²) in [5, 5.41) is 7.58. The maximum atomic E-state index is 14.2. The summed E-state index contributed by atoms with van der Waals surface area (Å²) in [6.07, 6.45) is -0.246. The Kier molecular flexibility index (Phi) is 8.34. The molecule has 0 spiro atoms. The fourth-order valence-electron chi connectivity index (χ4n) is 5.95. The number of halogens is 2. The van der Waals surface area contributed by atoms with E-state index >= 15 is 0 Å². The van der Waals surface area contributed by atoms with Gasteiger partial charge in [-0.15, -0.1) is 11.3 Å². The Hall–Kier alpha value is -4.68. The number of alkyl halides is 2. The largest absolute Gasteiger partial charge is 0.493 e. The molecule has 2 amide bonds. The van der Waals surface area contributed by atoms with Crippen LogP contribution < -0.4 is 21.1 Å². The third-order valence-corrected chi connectivity index (χ3v) is 9.26. The molecular formula is C34H32F2N4O5S. The van der Waals surface area contributed by atoms with Crippen LogP contribution in [-0.4, -0.2) is 48.4 Å². The van der Waals surface area contributed by atoms with Crippen LogP contribution in [0.4, 0.5) is 14.5 Å². The number of amides is 2. The number of ether oxygens (including phenoxy) is 2. The number of rotatable bonds is 7. The number of thiophene rings is 1. The Labute approximate surface area is 268 Å². The molecule has 0 radical (unpaired) electrons. The molecule has 1 fully saturated rings. The fraction of sp³-hybridized carbons (Fsp3) is 0.294. The molecule has 0 bridgehead atoms. The lowest BCUT2D eigenvalue weighted by Gasteiger charge is -2.35. The number of pyridine rings is 1. The van der Waals surface area contributed by atoms with Gasteiger partial charge in [0.15, 0.2) is 5.69 Å². The second-order valence-electron chi connectivity index (χ2n) is 11.5. The van der Waals surface area contributed by atoms with Gasteiger partial charge in [-0.1, -0.05) is 12.1 Å². The van der Waals surface area contributed by atoms with Crippen LogP contribution in [0, 0.1) is 13.8 Å². The van der Waals surface area contributed by atoms with Gasteiger partial charge < -0.3 is 25.8 Å². The summed E-state index contributed by atoms with van der Waals surface area (Å²) in [7, 11) is 1.18. The van der Waals surface area contributed by atoms with Crippen LogP contribution in [0.3, 0.4) is 0 Å². The number of nitrogens with zero attached hydrogens (tertiary/aromatic N) is 1. The van der Waals surface area contributed by atoms with E-state index in [0.717, 1.165) is 32.7 Å². The zero-order chi connectivity index (χ0) is 32.7. The van der Waals surface area contributed by atoms with Crippen LogP contribution in [-0.2, 0) is 17.7 Å². The van der Waals surface area contributed by atoms with Crippen molar-refractivity contribution in [2.45, 2.75) is 51.6 Å². The highest BCUT2D eigenvalue weighted by Gasteiger charge is 2.46. The zero-order valence-electron chi connectivity index (χ0n) is 25.5. The van der Waals surface area contributed by atoms with Gasteiger partial charge in [0.25, 0.3) is 17.7 Å². The van der Waals surface area contributed by atoms with Gasteiger partial charge in [0.05, 0.1) is 13.7 Å². The van der Waals surface area contributed by atoms with Gasteiger partial charge in [0.2, 0.25) is 0 Å². The van der Waals surface area contributed by atoms with E-state index in [-0.39, 0.29) is 22.5 Å². The van der Waals surface area contributed by atoms with E-state index in [1.807, 2.05) is 37.4 Å². The molecule has 0 unspecified atom stereocenters. The Balaban J connectivity index is 1.47. The minimum atomic E-state index is -2.82. The number of benzene rings is 2. The monoisotopic (exact) mass is 646 g/mol. The second kappa shape index (κ2) is 12.3. The number of nitrogens with one attached hydrogen (secondary N) is 2. The summed E-state index contributed by atoms with van der Waals surface area (Å²) >= 11 is 1.54. The molecule has 238 valence electrons. The van der Waals surface area contributed by atoms with E-state index in [1.165, 1.54) is 19.2 Å². The average Bonchev–Trinajstić information content (AvgIpc) is 3.42. The molecule has 4 aromatic rings. The molecule has 2 aliphatic rings. The lowest BCUT2D eigenvalue weighted by Crippen LogP contribution is -2.50. The van der Waals surface area contributed by atoms with Crippen LogP contribution in [0.2, 0.25) is 0 Å². The van der Waals surface area contributed by atoms with E-state index < -0.39 is 42.6 Å². The number of hydrogen-bond donors (Lipinski definition) is 3. The molecule has 6 rings (SSSR count). The molecule has 3 heterocycles. The van der Waals surface area contributed by atoms with Crippen LogP contribution in [0.15, 0.2) is 47.8 Å². The van der Waals surface area contributed by atoms with Crippen LogP contribution in [0.1, 0.15) is 66.4 Å². The Morgan fingerprint density at radius 1 is 1.04 bits per heavy atom. The number of methoxy groups -OCH3 is 1. The molecule has 1 saturated carbocycles. The van der Waals surface area contributed by atoms with Crippen LogP contribution in [0.25, 0.3) is 21.6 Å². The topological polar surface area (TPSA) is 133 Å². The van der Waals surface area contributed by atoms with Gasteiger partial charge in [0, 0.05) is 64.7 Å². The molecule has 2 aromatic heterocycles. The van der Waals surface area contributed by atoms with Crippen molar-refractivity contribution in [2.75, 3.05) is 19.0 Å². The molecular weight excluding hydrogens is 614 g/mol. The van der Waals surface area contributed by atoms with Crippen molar-refractivity contribution in [3.8, 4) is 27.3 Å². The molecule has 2 aromatic carbocycles. The maximum absolute atomic E-state index is 14.2. The highest BCUT2D eigenvalue weighted by atomic mass is 32.1. The van der Waals surface area contributed by atoms with E-state index in [2.05, 4.69) is 15.6 Å². The number of carbonyl (C=O) groups is 3. The van der Waals surface area contributed by atoms with E-state index in [1.54, 1.807) is 23.5 Å². The standard InChI is InChI=1S/C34H32F2N4O5S/c1-17-10-19(16-37)11-18(2)28(17)40-31(41)24-12-25-27(45-8-6-20-7-9-46-30(20)25)13-23(24)22-4-5-26(39-29(22)33(43)44-3)32(42)38-21-14-34(35,36)15-21/h4-5,7,9-13,21H,6,8,14-16,37H2,1-3H3,(H,38,42)(H,40,41).